The number of rotatable bonds is 6. The van der Waals surface area contributed by atoms with Crippen molar-refractivity contribution in [1.82, 2.24) is 15.2 Å². The van der Waals surface area contributed by atoms with Crippen LogP contribution < -0.4 is 5.32 Å². The molecule has 8 heteroatoms. The van der Waals surface area contributed by atoms with Crippen LogP contribution in [-0.4, -0.2) is 28.4 Å². The van der Waals surface area contributed by atoms with Crippen molar-refractivity contribution in [3.63, 3.8) is 0 Å². The van der Waals surface area contributed by atoms with Crippen LogP contribution >= 0.6 is 22.9 Å². The first-order valence-corrected chi connectivity index (χ1v) is 6.14. The highest BCUT2D eigenvalue weighted by molar-refractivity contribution is 7.15. The molecule has 0 atom stereocenters. The van der Waals surface area contributed by atoms with Gasteiger partial charge in [-0.25, -0.2) is 4.98 Å². The van der Waals surface area contributed by atoms with E-state index in [2.05, 4.69) is 10.3 Å². The maximum absolute atomic E-state index is 10.5. The van der Waals surface area contributed by atoms with Crippen LogP contribution in [0, 0.1) is 10.1 Å². The van der Waals surface area contributed by atoms with E-state index in [4.69, 9.17) is 11.6 Å². The Balaban J connectivity index is 2.80. The van der Waals surface area contributed by atoms with Crippen molar-refractivity contribution in [3.05, 3.63) is 37.7 Å². The lowest BCUT2D eigenvalue weighted by Gasteiger charge is -2.22. The molecule has 0 aromatic carbocycles. The summed E-state index contributed by atoms with van der Waals surface area (Å²) in [5, 5.41) is 13.3. The molecule has 0 aliphatic carbocycles. The zero-order chi connectivity index (χ0) is 12.8. The molecule has 0 aliphatic rings. The molecular formula is C9H13ClN4O2S. The Morgan fingerprint density at radius 2 is 2.53 bits per heavy atom. The van der Waals surface area contributed by atoms with Gasteiger partial charge in [0.05, 0.1) is 11.5 Å². The maximum atomic E-state index is 10.5. The molecule has 0 amide bonds. The zero-order valence-corrected chi connectivity index (χ0v) is 11.1. The van der Waals surface area contributed by atoms with E-state index in [1.165, 1.54) is 11.3 Å². The summed E-state index contributed by atoms with van der Waals surface area (Å²) >= 11 is 7.10. The fraction of sp³-hybridized carbons (Fsp3) is 0.444. The van der Waals surface area contributed by atoms with E-state index < -0.39 is 4.92 Å². The molecular weight excluding hydrogens is 264 g/mol. The number of halogens is 1. The largest absolute Gasteiger partial charge is 0.370 e. The molecule has 1 aromatic heterocycles. The van der Waals surface area contributed by atoms with Crippen molar-refractivity contribution < 1.29 is 4.92 Å². The average molecular weight is 277 g/mol. The third kappa shape index (κ3) is 4.20. The van der Waals surface area contributed by atoms with Crippen LogP contribution in [0.3, 0.4) is 0 Å². The molecule has 0 saturated heterocycles. The van der Waals surface area contributed by atoms with Crippen LogP contribution in [-0.2, 0) is 6.54 Å². The van der Waals surface area contributed by atoms with Crippen molar-refractivity contribution in [3.8, 4) is 0 Å². The Morgan fingerprint density at radius 3 is 2.94 bits per heavy atom. The van der Waals surface area contributed by atoms with Gasteiger partial charge in [-0.3, -0.25) is 10.1 Å². The molecule has 1 aromatic rings. The number of hydrogen-bond acceptors (Lipinski definition) is 6. The Morgan fingerprint density at radius 1 is 1.82 bits per heavy atom. The van der Waals surface area contributed by atoms with E-state index in [0.29, 0.717) is 23.4 Å². The Bertz CT molecular complexity index is 421. The number of nitrogens with one attached hydrogen (secondary N) is 1. The summed E-state index contributed by atoms with van der Waals surface area (Å²) in [4.78, 5) is 16.7. The van der Waals surface area contributed by atoms with Crippen LogP contribution in [0.25, 0.3) is 0 Å². The number of nitro groups is 1. The summed E-state index contributed by atoms with van der Waals surface area (Å²) in [6.07, 6.45) is 2.63. The van der Waals surface area contributed by atoms with Gasteiger partial charge in [-0.1, -0.05) is 11.6 Å². The summed E-state index contributed by atoms with van der Waals surface area (Å²) in [5.41, 5.74) is 0. The van der Waals surface area contributed by atoms with E-state index in [1.807, 2.05) is 11.8 Å². The third-order valence-electron chi connectivity index (χ3n) is 2.08. The van der Waals surface area contributed by atoms with Gasteiger partial charge < -0.3 is 10.2 Å². The second-order valence-electron chi connectivity index (χ2n) is 3.14. The molecule has 1 rings (SSSR count). The third-order valence-corrected chi connectivity index (χ3v) is 3.18. The SMILES string of the molecule is CCN(Cc1cnc(Cl)s1)/C(=C/[N+](=O)[O-])NC. The van der Waals surface area contributed by atoms with Crippen molar-refractivity contribution in [2.75, 3.05) is 13.6 Å². The summed E-state index contributed by atoms with van der Waals surface area (Å²) in [7, 11) is 1.65. The fourth-order valence-electron chi connectivity index (χ4n) is 1.32. The average Bonchev–Trinajstić information content (AvgIpc) is 2.68. The van der Waals surface area contributed by atoms with Crippen LogP contribution in [0.1, 0.15) is 11.8 Å². The minimum atomic E-state index is -0.478. The van der Waals surface area contributed by atoms with E-state index >= 15 is 0 Å². The number of thiazole rings is 1. The number of aromatic nitrogens is 1. The van der Waals surface area contributed by atoms with Crippen LogP contribution in [0.5, 0.6) is 0 Å². The second-order valence-corrected chi connectivity index (χ2v) is 4.84. The molecule has 0 spiro atoms. The smallest absolute Gasteiger partial charge is 0.274 e. The normalized spacial score (nSPS) is 11.4. The van der Waals surface area contributed by atoms with Crippen molar-refractivity contribution in [1.29, 1.82) is 0 Å². The molecule has 0 saturated carbocycles. The highest BCUT2D eigenvalue weighted by Gasteiger charge is 2.12. The molecule has 94 valence electrons. The summed E-state index contributed by atoms with van der Waals surface area (Å²) in [6, 6.07) is 0. The minimum absolute atomic E-state index is 0.460. The van der Waals surface area contributed by atoms with Gasteiger partial charge >= 0.3 is 0 Å². The van der Waals surface area contributed by atoms with Crippen molar-refractivity contribution in [2.24, 2.45) is 0 Å². The van der Waals surface area contributed by atoms with E-state index in [1.54, 1.807) is 13.2 Å². The van der Waals surface area contributed by atoms with Crippen LogP contribution in [0.4, 0.5) is 0 Å². The van der Waals surface area contributed by atoms with Gasteiger partial charge in [-0.05, 0) is 6.92 Å². The predicted molar refractivity (Wildman–Crippen MR) is 67.3 cm³/mol. The minimum Gasteiger partial charge on any atom is -0.370 e. The van der Waals surface area contributed by atoms with Gasteiger partial charge in [0.25, 0.3) is 6.20 Å². The molecule has 0 fully saturated rings. The lowest BCUT2D eigenvalue weighted by Crippen LogP contribution is -2.29. The fourth-order valence-corrected chi connectivity index (χ4v) is 2.31. The summed E-state index contributed by atoms with van der Waals surface area (Å²) < 4.78 is 0.473. The number of nitrogens with zero attached hydrogens (tertiary/aromatic N) is 3. The van der Waals surface area contributed by atoms with Crippen LogP contribution in [0.15, 0.2) is 18.2 Å². The maximum Gasteiger partial charge on any atom is 0.274 e. The van der Waals surface area contributed by atoms with E-state index in [9.17, 15) is 10.1 Å². The predicted octanol–water partition coefficient (Wildman–Crippen LogP) is 1.91. The van der Waals surface area contributed by atoms with Crippen molar-refractivity contribution in [2.45, 2.75) is 13.5 Å². The summed E-state index contributed by atoms with van der Waals surface area (Å²) in [5.74, 6) is 0.460. The summed E-state index contributed by atoms with van der Waals surface area (Å²) in [6.45, 7) is 3.12. The van der Waals surface area contributed by atoms with Gasteiger partial charge in [-0.15, -0.1) is 11.3 Å². The second kappa shape index (κ2) is 6.41. The molecule has 1 N–H and O–H groups in total. The molecule has 0 aliphatic heterocycles. The molecule has 0 unspecified atom stereocenters. The number of hydrogen-bond donors (Lipinski definition) is 1. The van der Waals surface area contributed by atoms with Gasteiger partial charge in [0.15, 0.2) is 10.3 Å². The topological polar surface area (TPSA) is 71.3 Å². The quantitative estimate of drug-likeness (QED) is 0.635. The molecule has 0 bridgehead atoms. The lowest BCUT2D eigenvalue weighted by atomic mass is 10.4. The highest BCUT2D eigenvalue weighted by Crippen LogP contribution is 2.20. The van der Waals surface area contributed by atoms with Gasteiger partial charge in [0, 0.05) is 24.7 Å². The van der Waals surface area contributed by atoms with Gasteiger partial charge in [0.1, 0.15) is 0 Å². The lowest BCUT2D eigenvalue weighted by molar-refractivity contribution is -0.404. The molecule has 1 heterocycles. The van der Waals surface area contributed by atoms with Crippen LogP contribution in [0.2, 0.25) is 4.47 Å². The highest BCUT2D eigenvalue weighted by atomic mass is 35.5. The molecule has 17 heavy (non-hydrogen) atoms. The van der Waals surface area contributed by atoms with Gasteiger partial charge in [-0.2, -0.15) is 0 Å². The molecule has 0 radical (unpaired) electrons. The monoisotopic (exact) mass is 276 g/mol. The Hall–Kier alpha value is -1.34. The first kappa shape index (κ1) is 13.7. The Kier molecular flexibility index (Phi) is 5.17. The van der Waals surface area contributed by atoms with E-state index in [0.717, 1.165) is 11.1 Å². The first-order chi connectivity index (χ1) is 8.06. The van der Waals surface area contributed by atoms with Gasteiger partial charge in [0.2, 0.25) is 0 Å². The van der Waals surface area contributed by atoms with Crippen molar-refractivity contribution >= 4 is 22.9 Å². The van der Waals surface area contributed by atoms with E-state index in [-0.39, 0.29) is 0 Å². The molecule has 6 nitrogen and oxygen atoms in total. The standard InChI is InChI=1S/C9H13ClN4O2S/c1-3-13(8(11-2)6-14(15)16)5-7-4-12-9(10)17-7/h4,6,11H,3,5H2,1-2H3/b8-6+. The zero-order valence-electron chi connectivity index (χ0n) is 9.51. The Labute approximate surface area is 108 Å². The first-order valence-electron chi connectivity index (χ1n) is 4.95.